The fraction of sp³-hybridized carbons (Fsp3) is 0.931. The number of allylic oxidation sites excluding steroid dienone is 1. The number of esters is 1. The second kappa shape index (κ2) is 54.2. The van der Waals surface area contributed by atoms with Gasteiger partial charge in [0.25, 0.3) is 0 Å². The van der Waals surface area contributed by atoms with Gasteiger partial charge in [0.15, 0.2) is 0 Å². The van der Waals surface area contributed by atoms with Gasteiger partial charge in [-0.15, -0.1) is 0 Å². The molecule has 0 aromatic rings. The summed E-state index contributed by atoms with van der Waals surface area (Å²) in [5, 5.41) is 23.1. The third kappa shape index (κ3) is 50.0. The SMILES string of the molecule is CCCCCCCCCCCCCCCC/C=C/C(O)C(CO)NC(=O)CCCCCCCCCCCCCCCCCOC(=O)CCCCCCCCCCCCCCCCCC. The number of unbranched alkanes of at least 4 members (excludes halogenated alkanes) is 43. The second-order valence-electron chi connectivity index (χ2n) is 20.0. The highest BCUT2D eigenvalue weighted by Crippen LogP contribution is 2.17. The van der Waals surface area contributed by atoms with Crippen LogP contribution in [0.2, 0.25) is 0 Å². The average Bonchev–Trinajstić information content (AvgIpc) is 3.29. The molecule has 0 heterocycles. The molecule has 0 aromatic heterocycles. The van der Waals surface area contributed by atoms with Crippen molar-refractivity contribution in [1.29, 1.82) is 0 Å². The molecule has 0 saturated heterocycles. The first-order valence-electron chi connectivity index (χ1n) is 29.0. The Balaban J connectivity index is 3.44. The summed E-state index contributed by atoms with van der Waals surface area (Å²) in [6.07, 6.45) is 63.7. The lowest BCUT2D eigenvalue weighted by Gasteiger charge is -2.20. The third-order valence-electron chi connectivity index (χ3n) is 13.6. The zero-order valence-electron chi connectivity index (χ0n) is 43.3. The van der Waals surface area contributed by atoms with Crippen molar-refractivity contribution >= 4 is 11.9 Å². The first-order valence-corrected chi connectivity index (χ1v) is 29.0. The van der Waals surface area contributed by atoms with Gasteiger partial charge in [-0.25, -0.2) is 0 Å². The number of rotatable bonds is 54. The largest absolute Gasteiger partial charge is 0.466 e. The van der Waals surface area contributed by atoms with Crippen LogP contribution in [-0.4, -0.2) is 47.4 Å². The molecular weight excluding hydrogens is 791 g/mol. The van der Waals surface area contributed by atoms with E-state index in [2.05, 4.69) is 19.2 Å². The molecule has 0 aromatic carbocycles. The molecule has 0 spiro atoms. The van der Waals surface area contributed by atoms with E-state index in [-0.39, 0.29) is 18.5 Å². The van der Waals surface area contributed by atoms with Crippen LogP contribution in [0.15, 0.2) is 12.2 Å². The number of hydrogen-bond donors (Lipinski definition) is 3. The van der Waals surface area contributed by atoms with E-state index in [1.165, 1.54) is 250 Å². The molecule has 0 bridgehead atoms. The van der Waals surface area contributed by atoms with Crippen molar-refractivity contribution in [2.75, 3.05) is 13.2 Å². The molecule has 6 heteroatoms. The third-order valence-corrected chi connectivity index (χ3v) is 13.6. The van der Waals surface area contributed by atoms with Gasteiger partial charge in [-0.05, 0) is 32.1 Å². The van der Waals surface area contributed by atoms with Gasteiger partial charge in [-0.3, -0.25) is 9.59 Å². The Kier molecular flexibility index (Phi) is 53.0. The van der Waals surface area contributed by atoms with E-state index in [0.29, 0.717) is 19.4 Å². The lowest BCUT2D eigenvalue weighted by Crippen LogP contribution is -2.45. The standard InChI is InChI=1S/C58H113NO5/c1-3-5-7-9-11-13-15-17-19-22-26-30-34-38-42-46-50-56(61)55(54-60)59-57(62)51-47-43-39-35-31-27-23-21-25-29-33-37-41-45-49-53-64-58(63)52-48-44-40-36-32-28-24-20-18-16-14-12-10-8-6-4-2/h46,50,55-56,60-61H,3-45,47-49,51-54H2,1-2H3,(H,59,62)/b50-46+. The van der Waals surface area contributed by atoms with Crippen molar-refractivity contribution in [3.63, 3.8) is 0 Å². The molecule has 0 aliphatic rings. The number of carbonyl (C=O) groups is 2. The van der Waals surface area contributed by atoms with Crippen LogP contribution in [0.5, 0.6) is 0 Å². The Morgan fingerprint density at radius 3 is 1.06 bits per heavy atom. The molecule has 0 aliphatic heterocycles. The molecule has 2 unspecified atom stereocenters. The zero-order valence-corrected chi connectivity index (χ0v) is 43.3. The lowest BCUT2D eigenvalue weighted by molar-refractivity contribution is -0.143. The number of nitrogens with one attached hydrogen (secondary N) is 1. The van der Waals surface area contributed by atoms with E-state index in [4.69, 9.17) is 4.74 Å². The first kappa shape index (κ1) is 62.6. The van der Waals surface area contributed by atoms with Gasteiger partial charge in [0, 0.05) is 12.8 Å². The molecule has 2 atom stereocenters. The van der Waals surface area contributed by atoms with Crippen LogP contribution in [-0.2, 0) is 14.3 Å². The van der Waals surface area contributed by atoms with Gasteiger partial charge in [-0.2, -0.15) is 0 Å². The topological polar surface area (TPSA) is 95.9 Å². The average molecular weight is 905 g/mol. The highest BCUT2D eigenvalue weighted by molar-refractivity contribution is 5.76. The van der Waals surface area contributed by atoms with E-state index in [1.807, 2.05) is 6.08 Å². The van der Waals surface area contributed by atoms with Crippen LogP contribution in [0, 0.1) is 0 Å². The number of ether oxygens (including phenoxy) is 1. The summed E-state index contributed by atoms with van der Waals surface area (Å²) in [6, 6.07) is -0.633. The number of aliphatic hydroxyl groups excluding tert-OH is 2. The van der Waals surface area contributed by atoms with Crippen molar-refractivity contribution < 1.29 is 24.5 Å². The van der Waals surface area contributed by atoms with Crippen LogP contribution >= 0.6 is 0 Å². The Labute approximate surface area is 399 Å². The number of amides is 1. The molecule has 0 radical (unpaired) electrons. The fourth-order valence-corrected chi connectivity index (χ4v) is 9.11. The van der Waals surface area contributed by atoms with Crippen LogP contribution in [0.1, 0.15) is 322 Å². The normalized spacial score (nSPS) is 12.6. The minimum Gasteiger partial charge on any atom is -0.466 e. The summed E-state index contributed by atoms with van der Waals surface area (Å²) in [6.45, 7) is 4.91. The summed E-state index contributed by atoms with van der Waals surface area (Å²) in [5.74, 6) is -0.0705. The number of aliphatic hydroxyl groups is 2. The van der Waals surface area contributed by atoms with Gasteiger partial charge >= 0.3 is 5.97 Å². The van der Waals surface area contributed by atoms with Crippen molar-refractivity contribution in [1.82, 2.24) is 5.32 Å². The van der Waals surface area contributed by atoms with E-state index in [9.17, 15) is 19.8 Å². The Morgan fingerprint density at radius 1 is 0.422 bits per heavy atom. The smallest absolute Gasteiger partial charge is 0.305 e. The van der Waals surface area contributed by atoms with Crippen molar-refractivity contribution in [3.05, 3.63) is 12.2 Å². The van der Waals surface area contributed by atoms with Gasteiger partial charge in [-0.1, -0.05) is 289 Å². The van der Waals surface area contributed by atoms with Crippen LogP contribution in [0.25, 0.3) is 0 Å². The maximum absolute atomic E-state index is 12.5. The van der Waals surface area contributed by atoms with Crippen molar-refractivity contribution in [2.24, 2.45) is 0 Å². The highest BCUT2D eigenvalue weighted by Gasteiger charge is 2.18. The Morgan fingerprint density at radius 2 is 0.719 bits per heavy atom. The number of hydrogen-bond acceptors (Lipinski definition) is 5. The van der Waals surface area contributed by atoms with E-state index >= 15 is 0 Å². The van der Waals surface area contributed by atoms with Crippen molar-refractivity contribution in [2.45, 2.75) is 334 Å². The minimum atomic E-state index is -0.849. The molecule has 6 nitrogen and oxygen atoms in total. The maximum Gasteiger partial charge on any atom is 0.305 e. The van der Waals surface area contributed by atoms with Crippen LogP contribution < -0.4 is 5.32 Å². The molecular formula is C58H113NO5. The number of carbonyl (C=O) groups excluding carboxylic acids is 2. The van der Waals surface area contributed by atoms with Crippen LogP contribution in [0.4, 0.5) is 0 Å². The fourth-order valence-electron chi connectivity index (χ4n) is 9.11. The van der Waals surface area contributed by atoms with Gasteiger partial charge in [0.1, 0.15) is 0 Å². The molecule has 0 aliphatic carbocycles. The molecule has 380 valence electrons. The first-order chi connectivity index (χ1) is 31.5. The lowest BCUT2D eigenvalue weighted by atomic mass is 10.0. The maximum atomic E-state index is 12.5. The molecule has 1 amide bonds. The molecule has 0 saturated carbocycles. The van der Waals surface area contributed by atoms with Gasteiger partial charge < -0.3 is 20.3 Å². The molecule has 0 rings (SSSR count). The van der Waals surface area contributed by atoms with E-state index in [1.54, 1.807) is 6.08 Å². The summed E-state index contributed by atoms with van der Waals surface area (Å²) in [7, 11) is 0. The van der Waals surface area contributed by atoms with E-state index < -0.39 is 12.1 Å². The van der Waals surface area contributed by atoms with Crippen LogP contribution in [0.3, 0.4) is 0 Å². The highest BCUT2D eigenvalue weighted by atomic mass is 16.5. The molecule has 3 N–H and O–H groups in total. The van der Waals surface area contributed by atoms with Crippen molar-refractivity contribution in [3.8, 4) is 0 Å². The Bertz CT molecular complexity index is 955. The molecule has 0 fully saturated rings. The Hall–Kier alpha value is -1.40. The second-order valence-corrected chi connectivity index (χ2v) is 20.0. The summed E-state index contributed by atoms with van der Waals surface area (Å²) in [4.78, 5) is 24.5. The predicted molar refractivity (Wildman–Crippen MR) is 278 cm³/mol. The summed E-state index contributed by atoms with van der Waals surface area (Å²) < 4.78 is 5.48. The zero-order chi connectivity index (χ0) is 46.5. The minimum absolute atomic E-state index is 0.00355. The molecule has 64 heavy (non-hydrogen) atoms. The monoisotopic (exact) mass is 904 g/mol. The summed E-state index contributed by atoms with van der Waals surface area (Å²) >= 11 is 0. The van der Waals surface area contributed by atoms with Gasteiger partial charge in [0.05, 0.1) is 25.4 Å². The quantitative estimate of drug-likeness (QED) is 0.0321. The predicted octanol–water partition coefficient (Wildman–Crippen LogP) is 17.7. The van der Waals surface area contributed by atoms with E-state index in [0.717, 1.165) is 44.9 Å². The summed E-state index contributed by atoms with van der Waals surface area (Å²) in [5.41, 5.74) is 0. The van der Waals surface area contributed by atoms with Gasteiger partial charge in [0.2, 0.25) is 5.91 Å².